The van der Waals surface area contributed by atoms with Crippen molar-refractivity contribution in [2.75, 3.05) is 19.3 Å². The molecular formula is C18H23N3O3S. The third-order valence-corrected chi connectivity index (χ3v) is 6.39. The van der Waals surface area contributed by atoms with Crippen LogP contribution in [0.4, 0.5) is 0 Å². The van der Waals surface area contributed by atoms with Gasteiger partial charge in [0.1, 0.15) is 0 Å². The van der Waals surface area contributed by atoms with Crippen LogP contribution in [0.2, 0.25) is 0 Å². The Morgan fingerprint density at radius 1 is 1.32 bits per heavy atom. The molecule has 7 heteroatoms. The van der Waals surface area contributed by atoms with E-state index in [1.54, 1.807) is 0 Å². The van der Waals surface area contributed by atoms with Gasteiger partial charge in [0.25, 0.3) is 0 Å². The van der Waals surface area contributed by atoms with Gasteiger partial charge in [0.05, 0.1) is 12.7 Å². The molecule has 4 rings (SSSR count). The van der Waals surface area contributed by atoms with Gasteiger partial charge in [0.15, 0.2) is 0 Å². The minimum absolute atomic E-state index is 0.0494. The van der Waals surface area contributed by atoms with Crippen LogP contribution < -0.4 is 4.72 Å². The van der Waals surface area contributed by atoms with Crippen molar-refractivity contribution in [1.82, 2.24) is 14.6 Å². The molecule has 1 unspecified atom stereocenters. The molecule has 1 aliphatic heterocycles. The van der Waals surface area contributed by atoms with E-state index in [1.165, 1.54) is 6.26 Å². The quantitative estimate of drug-likeness (QED) is 0.868. The molecule has 1 saturated heterocycles. The summed E-state index contributed by atoms with van der Waals surface area (Å²) in [6, 6.07) is 8.05. The van der Waals surface area contributed by atoms with Crippen molar-refractivity contribution in [3.63, 3.8) is 0 Å². The standard InChI is InChI=1S/C18H23N3O3S/c1-25(23,24)20-16-11-18(16)6-8-21(9-7-18)17(22)10-13-12-19-15-5-3-2-4-14(13)15/h2-5,12,16,19-20H,6-11H2,1H3. The van der Waals surface area contributed by atoms with Gasteiger partial charge in [-0.15, -0.1) is 0 Å². The molecule has 1 spiro atoms. The number of benzene rings is 1. The topological polar surface area (TPSA) is 82.3 Å². The zero-order valence-corrected chi connectivity index (χ0v) is 15.1. The lowest BCUT2D eigenvalue weighted by molar-refractivity contribution is -0.132. The molecule has 2 aliphatic rings. The molecular weight excluding hydrogens is 338 g/mol. The third kappa shape index (κ3) is 3.30. The maximum absolute atomic E-state index is 12.7. The monoisotopic (exact) mass is 361 g/mol. The summed E-state index contributed by atoms with van der Waals surface area (Å²) >= 11 is 0. The average molecular weight is 361 g/mol. The molecule has 2 heterocycles. The molecule has 6 nitrogen and oxygen atoms in total. The number of nitrogens with zero attached hydrogens (tertiary/aromatic N) is 1. The van der Waals surface area contributed by atoms with Crippen LogP contribution in [0.1, 0.15) is 24.8 Å². The van der Waals surface area contributed by atoms with Crippen molar-refractivity contribution in [2.24, 2.45) is 5.41 Å². The molecule has 1 aliphatic carbocycles. The first kappa shape index (κ1) is 16.6. The summed E-state index contributed by atoms with van der Waals surface area (Å²) in [7, 11) is -3.16. The Bertz CT molecular complexity index is 911. The van der Waals surface area contributed by atoms with Crippen LogP contribution >= 0.6 is 0 Å². The van der Waals surface area contributed by atoms with Gasteiger partial charge in [-0.05, 0) is 36.3 Å². The predicted molar refractivity (Wildman–Crippen MR) is 96.6 cm³/mol. The molecule has 1 aromatic carbocycles. The van der Waals surface area contributed by atoms with Gasteiger partial charge in [-0.1, -0.05) is 18.2 Å². The molecule has 1 aromatic heterocycles. The van der Waals surface area contributed by atoms with Crippen molar-refractivity contribution < 1.29 is 13.2 Å². The summed E-state index contributed by atoms with van der Waals surface area (Å²) in [5.74, 6) is 0.146. The Hall–Kier alpha value is -1.86. The summed E-state index contributed by atoms with van der Waals surface area (Å²) in [6.07, 6.45) is 6.17. The summed E-state index contributed by atoms with van der Waals surface area (Å²) < 4.78 is 25.5. The van der Waals surface area contributed by atoms with E-state index in [0.717, 1.165) is 35.7 Å². The summed E-state index contributed by atoms with van der Waals surface area (Å²) in [4.78, 5) is 17.8. The van der Waals surface area contributed by atoms with Crippen LogP contribution in [-0.2, 0) is 21.2 Å². The minimum atomic E-state index is -3.16. The number of piperidine rings is 1. The second-order valence-corrected chi connectivity index (χ2v) is 9.21. The van der Waals surface area contributed by atoms with Crippen LogP contribution in [-0.4, -0.2) is 49.6 Å². The molecule has 25 heavy (non-hydrogen) atoms. The number of fused-ring (bicyclic) bond motifs is 1. The minimum Gasteiger partial charge on any atom is -0.361 e. The summed E-state index contributed by atoms with van der Waals surface area (Å²) in [6.45, 7) is 1.42. The SMILES string of the molecule is CS(=O)(=O)NC1CC12CCN(C(=O)Cc1c[nH]c3ccccc13)CC2. The molecule has 0 radical (unpaired) electrons. The smallest absolute Gasteiger partial charge is 0.227 e. The molecule has 1 amide bonds. The fourth-order valence-electron chi connectivity index (χ4n) is 4.08. The number of rotatable bonds is 4. The molecule has 0 bridgehead atoms. The van der Waals surface area contributed by atoms with Crippen molar-refractivity contribution >= 4 is 26.8 Å². The predicted octanol–water partition coefficient (Wildman–Crippen LogP) is 1.64. The highest BCUT2D eigenvalue weighted by molar-refractivity contribution is 7.88. The van der Waals surface area contributed by atoms with Crippen LogP contribution in [0.15, 0.2) is 30.5 Å². The largest absolute Gasteiger partial charge is 0.361 e. The Morgan fingerprint density at radius 3 is 2.76 bits per heavy atom. The third-order valence-electron chi connectivity index (χ3n) is 5.67. The second-order valence-electron chi connectivity index (χ2n) is 7.43. The molecule has 2 fully saturated rings. The molecule has 1 atom stereocenters. The number of amides is 1. The highest BCUT2D eigenvalue weighted by Crippen LogP contribution is 2.54. The first-order valence-electron chi connectivity index (χ1n) is 8.66. The first-order valence-corrected chi connectivity index (χ1v) is 10.6. The maximum atomic E-state index is 12.7. The van der Waals surface area contributed by atoms with Gasteiger partial charge in [-0.25, -0.2) is 13.1 Å². The van der Waals surface area contributed by atoms with Gasteiger partial charge in [0, 0.05) is 36.2 Å². The van der Waals surface area contributed by atoms with Crippen molar-refractivity contribution in [3.8, 4) is 0 Å². The van der Waals surface area contributed by atoms with Gasteiger partial charge in [-0.2, -0.15) is 0 Å². The van der Waals surface area contributed by atoms with Crippen molar-refractivity contribution in [3.05, 3.63) is 36.0 Å². The lowest BCUT2D eigenvalue weighted by Gasteiger charge is -2.33. The van der Waals surface area contributed by atoms with E-state index in [1.807, 2.05) is 35.4 Å². The van der Waals surface area contributed by atoms with Crippen molar-refractivity contribution in [2.45, 2.75) is 31.7 Å². The first-order chi connectivity index (χ1) is 11.9. The summed E-state index contributed by atoms with van der Waals surface area (Å²) in [5, 5.41) is 1.10. The van der Waals surface area contributed by atoms with Crippen LogP contribution in [0, 0.1) is 5.41 Å². The van der Waals surface area contributed by atoms with Crippen LogP contribution in [0.25, 0.3) is 10.9 Å². The van der Waals surface area contributed by atoms with Crippen LogP contribution in [0.5, 0.6) is 0 Å². The highest BCUT2D eigenvalue weighted by atomic mass is 32.2. The number of para-hydroxylation sites is 1. The fourth-order valence-corrected chi connectivity index (χ4v) is 4.93. The molecule has 134 valence electrons. The second kappa shape index (κ2) is 5.85. The summed E-state index contributed by atoms with van der Waals surface area (Å²) in [5.41, 5.74) is 2.15. The number of likely N-dealkylation sites (tertiary alicyclic amines) is 1. The number of aromatic amines is 1. The van der Waals surface area contributed by atoms with E-state index >= 15 is 0 Å². The number of aromatic nitrogens is 1. The van der Waals surface area contributed by atoms with Gasteiger partial charge in [-0.3, -0.25) is 4.79 Å². The molecule has 2 N–H and O–H groups in total. The van der Waals surface area contributed by atoms with E-state index in [9.17, 15) is 13.2 Å². The molecule has 2 aromatic rings. The zero-order chi connectivity index (χ0) is 17.7. The maximum Gasteiger partial charge on any atom is 0.227 e. The van der Waals surface area contributed by atoms with Gasteiger partial charge >= 0.3 is 0 Å². The number of carbonyl (C=O) groups is 1. The highest BCUT2D eigenvalue weighted by Gasteiger charge is 2.56. The van der Waals surface area contributed by atoms with E-state index in [-0.39, 0.29) is 17.4 Å². The average Bonchev–Trinajstić information content (AvgIpc) is 3.03. The van der Waals surface area contributed by atoms with E-state index in [4.69, 9.17) is 0 Å². The van der Waals surface area contributed by atoms with E-state index in [2.05, 4.69) is 9.71 Å². The Morgan fingerprint density at radius 2 is 2.04 bits per heavy atom. The number of hydrogen-bond donors (Lipinski definition) is 2. The van der Waals surface area contributed by atoms with Gasteiger partial charge in [0.2, 0.25) is 15.9 Å². The van der Waals surface area contributed by atoms with E-state index in [0.29, 0.717) is 19.5 Å². The number of hydrogen-bond acceptors (Lipinski definition) is 3. The zero-order valence-electron chi connectivity index (χ0n) is 14.3. The van der Waals surface area contributed by atoms with E-state index < -0.39 is 10.0 Å². The Labute approximate surface area is 147 Å². The number of nitrogens with one attached hydrogen (secondary N) is 2. The number of sulfonamides is 1. The van der Waals surface area contributed by atoms with Gasteiger partial charge < -0.3 is 9.88 Å². The Balaban J connectivity index is 1.36. The Kier molecular flexibility index (Phi) is 3.88. The lowest BCUT2D eigenvalue weighted by Crippen LogP contribution is -2.42. The van der Waals surface area contributed by atoms with Crippen LogP contribution in [0.3, 0.4) is 0 Å². The normalized spacial score (nSPS) is 22.4. The fraction of sp³-hybridized carbons (Fsp3) is 0.500. The number of H-pyrrole nitrogens is 1. The lowest BCUT2D eigenvalue weighted by atomic mass is 9.92. The van der Waals surface area contributed by atoms with Crippen molar-refractivity contribution in [1.29, 1.82) is 0 Å². The number of carbonyl (C=O) groups excluding carboxylic acids is 1. The molecule has 1 saturated carbocycles.